The first-order valence-corrected chi connectivity index (χ1v) is 8.16. The Balaban J connectivity index is 1.88. The normalized spacial score (nSPS) is 10.7. The second-order valence-corrected chi connectivity index (χ2v) is 5.72. The topological polar surface area (TPSA) is 42.7 Å². The second-order valence-electron chi connectivity index (χ2n) is 5.33. The van der Waals surface area contributed by atoms with Crippen molar-refractivity contribution in [3.8, 4) is 16.8 Å². The maximum Gasteiger partial charge on any atom is 0.129 e. The van der Waals surface area contributed by atoms with Gasteiger partial charge >= 0.3 is 0 Å². The first-order valence-electron chi connectivity index (χ1n) is 7.78. The summed E-state index contributed by atoms with van der Waals surface area (Å²) < 4.78 is 1.92. The van der Waals surface area contributed by atoms with Crippen molar-refractivity contribution in [3.05, 3.63) is 60.0 Å². The number of aromatic nitrogens is 3. The average molecular weight is 327 g/mol. The maximum absolute atomic E-state index is 5.86. The van der Waals surface area contributed by atoms with E-state index in [0.717, 1.165) is 35.6 Å². The molecule has 2 heterocycles. The molecule has 0 saturated heterocycles. The summed E-state index contributed by atoms with van der Waals surface area (Å²) in [6.07, 6.45) is 5.90. The smallest absolute Gasteiger partial charge is 0.129 e. The Labute approximate surface area is 141 Å². The Morgan fingerprint density at radius 1 is 1.13 bits per heavy atom. The van der Waals surface area contributed by atoms with E-state index in [2.05, 4.69) is 34.5 Å². The second kappa shape index (κ2) is 7.29. The minimum absolute atomic E-state index is 0.499. The molecule has 0 spiro atoms. The molecule has 3 aromatic rings. The van der Waals surface area contributed by atoms with Crippen molar-refractivity contribution in [2.24, 2.45) is 0 Å². The van der Waals surface area contributed by atoms with Gasteiger partial charge in [0.15, 0.2) is 0 Å². The van der Waals surface area contributed by atoms with Crippen LogP contribution in [0.15, 0.2) is 54.9 Å². The van der Waals surface area contributed by atoms with E-state index in [1.807, 2.05) is 35.1 Å². The standard InChI is InChI=1S/C18H19ClN4/c1-2-3-10-20-18-9-11-22-23(18)16-6-4-5-14(12-16)15-7-8-17(19)21-13-15/h4-9,11-13,20H,2-3,10H2,1H3. The number of anilines is 1. The van der Waals surface area contributed by atoms with Crippen LogP contribution < -0.4 is 5.32 Å². The van der Waals surface area contributed by atoms with E-state index >= 15 is 0 Å². The van der Waals surface area contributed by atoms with Crippen molar-refractivity contribution in [1.82, 2.24) is 14.8 Å². The highest BCUT2D eigenvalue weighted by molar-refractivity contribution is 6.29. The van der Waals surface area contributed by atoms with Gasteiger partial charge in [0.1, 0.15) is 11.0 Å². The van der Waals surface area contributed by atoms with E-state index in [9.17, 15) is 0 Å². The van der Waals surface area contributed by atoms with Gasteiger partial charge in [-0.1, -0.05) is 37.1 Å². The summed E-state index contributed by atoms with van der Waals surface area (Å²) in [7, 11) is 0. The zero-order valence-corrected chi connectivity index (χ0v) is 13.8. The Hall–Kier alpha value is -2.33. The van der Waals surface area contributed by atoms with E-state index in [1.165, 1.54) is 6.42 Å². The molecule has 23 heavy (non-hydrogen) atoms. The van der Waals surface area contributed by atoms with Crippen LogP contribution in [-0.4, -0.2) is 21.3 Å². The molecule has 0 unspecified atom stereocenters. The van der Waals surface area contributed by atoms with Gasteiger partial charge in [-0.25, -0.2) is 9.67 Å². The van der Waals surface area contributed by atoms with Gasteiger partial charge in [-0.3, -0.25) is 0 Å². The minimum Gasteiger partial charge on any atom is -0.370 e. The molecule has 0 saturated carbocycles. The molecule has 5 heteroatoms. The summed E-state index contributed by atoms with van der Waals surface area (Å²) in [5, 5.41) is 8.36. The predicted molar refractivity (Wildman–Crippen MR) is 95.2 cm³/mol. The molecular formula is C18H19ClN4. The van der Waals surface area contributed by atoms with Gasteiger partial charge < -0.3 is 5.32 Å². The fraction of sp³-hybridized carbons (Fsp3) is 0.222. The van der Waals surface area contributed by atoms with Crippen LogP contribution in [0.2, 0.25) is 5.15 Å². The highest BCUT2D eigenvalue weighted by Crippen LogP contribution is 2.24. The predicted octanol–water partition coefficient (Wildman–Crippen LogP) is 4.80. The first kappa shape index (κ1) is 15.6. The van der Waals surface area contributed by atoms with Gasteiger partial charge in [0.05, 0.1) is 11.9 Å². The zero-order valence-electron chi connectivity index (χ0n) is 13.0. The molecule has 0 amide bonds. The molecule has 0 radical (unpaired) electrons. The third kappa shape index (κ3) is 3.71. The average Bonchev–Trinajstić information content (AvgIpc) is 3.04. The highest BCUT2D eigenvalue weighted by atomic mass is 35.5. The molecule has 3 rings (SSSR count). The fourth-order valence-electron chi connectivity index (χ4n) is 2.40. The van der Waals surface area contributed by atoms with Crippen molar-refractivity contribution < 1.29 is 0 Å². The van der Waals surface area contributed by atoms with Crippen LogP contribution >= 0.6 is 11.6 Å². The number of unbranched alkanes of at least 4 members (excludes halogenated alkanes) is 1. The summed E-state index contributed by atoms with van der Waals surface area (Å²) >= 11 is 5.86. The Kier molecular flexibility index (Phi) is 4.93. The van der Waals surface area contributed by atoms with Crippen molar-refractivity contribution in [2.45, 2.75) is 19.8 Å². The lowest BCUT2D eigenvalue weighted by Crippen LogP contribution is -2.07. The van der Waals surface area contributed by atoms with Crippen molar-refractivity contribution in [2.75, 3.05) is 11.9 Å². The molecule has 2 aromatic heterocycles. The number of pyridine rings is 1. The Morgan fingerprint density at radius 2 is 2.04 bits per heavy atom. The number of rotatable bonds is 6. The van der Waals surface area contributed by atoms with Crippen LogP contribution in [0.3, 0.4) is 0 Å². The summed E-state index contributed by atoms with van der Waals surface area (Å²) in [5.41, 5.74) is 3.13. The quantitative estimate of drug-likeness (QED) is 0.522. The van der Waals surface area contributed by atoms with E-state index in [1.54, 1.807) is 12.3 Å². The lowest BCUT2D eigenvalue weighted by Gasteiger charge is -2.11. The molecule has 0 bridgehead atoms. The molecule has 118 valence electrons. The number of halogens is 1. The van der Waals surface area contributed by atoms with Crippen LogP contribution in [0.5, 0.6) is 0 Å². The Morgan fingerprint density at radius 3 is 2.83 bits per heavy atom. The summed E-state index contributed by atoms with van der Waals surface area (Å²) in [5.74, 6) is 1.00. The zero-order chi connectivity index (χ0) is 16.1. The van der Waals surface area contributed by atoms with Crippen molar-refractivity contribution in [3.63, 3.8) is 0 Å². The highest BCUT2D eigenvalue weighted by Gasteiger charge is 2.06. The summed E-state index contributed by atoms with van der Waals surface area (Å²) in [4.78, 5) is 4.15. The summed E-state index contributed by atoms with van der Waals surface area (Å²) in [6.45, 7) is 3.13. The molecule has 1 N–H and O–H groups in total. The van der Waals surface area contributed by atoms with Gasteiger partial charge in [0.2, 0.25) is 0 Å². The van der Waals surface area contributed by atoms with Crippen LogP contribution in [-0.2, 0) is 0 Å². The van der Waals surface area contributed by atoms with E-state index in [-0.39, 0.29) is 0 Å². The lowest BCUT2D eigenvalue weighted by molar-refractivity contribution is 0.813. The van der Waals surface area contributed by atoms with Crippen molar-refractivity contribution in [1.29, 1.82) is 0 Å². The molecule has 0 aliphatic rings. The lowest BCUT2D eigenvalue weighted by atomic mass is 10.1. The van der Waals surface area contributed by atoms with E-state index in [0.29, 0.717) is 5.15 Å². The number of nitrogens with one attached hydrogen (secondary N) is 1. The molecule has 0 aliphatic heterocycles. The van der Waals surface area contributed by atoms with Gasteiger partial charge in [0.25, 0.3) is 0 Å². The van der Waals surface area contributed by atoms with Crippen LogP contribution in [0.25, 0.3) is 16.8 Å². The van der Waals surface area contributed by atoms with Crippen LogP contribution in [0, 0.1) is 0 Å². The number of hydrogen-bond acceptors (Lipinski definition) is 3. The number of hydrogen-bond donors (Lipinski definition) is 1. The van der Waals surface area contributed by atoms with E-state index in [4.69, 9.17) is 11.6 Å². The van der Waals surface area contributed by atoms with E-state index < -0.39 is 0 Å². The van der Waals surface area contributed by atoms with Gasteiger partial charge in [-0.05, 0) is 36.2 Å². The molecule has 0 aliphatic carbocycles. The summed E-state index contributed by atoms with van der Waals surface area (Å²) in [6, 6.07) is 14.0. The monoisotopic (exact) mass is 326 g/mol. The molecule has 4 nitrogen and oxygen atoms in total. The third-order valence-electron chi connectivity index (χ3n) is 3.63. The molecule has 1 aromatic carbocycles. The molecule has 0 fully saturated rings. The Bertz CT molecular complexity index is 765. The molecular weight excluding hydrogens is 308 g/mol. The van der Waals surface area contributed by atoms with Gasteiger partial charge in [-0.15, -0.1) is 0 Å². The van der Waals surface area contributed by atoms with Gasteiger partial charge in [-0.2, -0.15) is 5.10 Å². The fourth-order valence-corrected chi connectivity index (χ4v) is 2.51. The largest absolute Gasteiger partial charge is 0.370 e. The SMILES string of the molecule is CCCCNc1ccnn1-c1cccc(-c2ccc(Cl)nc2)c1. The molecule has 0 atom stereocenters. The van der Waals surface area contributed by atoms with Crippen molar-refractivity contribution >= 4 is 17.4 Å². The van der Waals surface area contributed by atoms with Crippen LogP contribution in [0.4, 0.5) is 5.82 Å². The van der Waals surface area contributed by atoms with Gasteiger partial charge in [0, 0.05) is 24.4 Å². The minimum atomic E-state index is 0.499. The van der Waals surface area contributed by atoms with Crippen LogP contribution in [0.1, 0.15) is 19.8 Å². The number of benzene rings is 1. The maximum atomic E-state index is 5.86. The first-order chi connectivity index (χ1) is 11.3. The third-order valence-corrected chi connectivity index (χ3v) is 3.85. The number of nitrogens with zero attached hydrogens (tertiary/aromatic N) is 3.